The van der Waals surface area contributed by atoms with Crippen LogP contribution in [0.3, 0.4) is 0 Å². The minimum absolute atomic E-state index is 0.491. The van der Waals surface area contributed by atoms with Gasteiger partial charge in [0, 0.05) is 5.56 Å². The molecule has 0 fully saturated rings. The van der Waals surface area contributed by atoms with Crippen LogP contribution in [0.4, 0.5) is 0 Å². The molecular formula is C18H16N6OS. The summed E-state index contributed by atoms with van der Waals surface area (Å²) < 4.78 is 7.10. The number of para-hydroxylation sites is 1. The molecule has 0 radical (unpaired) electrons. The number of tetrazole rings is 1. The summed E-state index contributed by atoms with van der Waals surface area (Å²) in [5.74, 6) is 1.62. The molecule has 0 saturated heterocycles. The van der Waals surface area contributed by atoms with Crippen molar-refractivity contribution in [2.75, 3.05) is 0 Å². The first-order chi connectivity index (χ1) is 12.7. The Morgan fingerprint density at radius 2 is 1.77 bits per heavy atom. The third-order valence-electron chi connectivity index (χ3n) is 3.96. The average molecular weight is 364 g/mol. The van der Waals surface area contributed by atoms with Crippen molar-refractivity contribution in [3.05, 3.63) is 65.5 Å². The number of thioether (sulfide) groups is 1. The fraction of sp³-hybridized carbons (Fsp3) is 0.167. The van der Waals surface area contributed by atoms with Crippen LogP contribution in [0.25, 0.3) is 17.1 Å². The number of hydrogen-bond acceptors (Lipinski definition) is 7. The summed E-state index contributed by atoms with van der Waals surface area (Å²) in [7, 11) is 0. The molecule has 4 aromatic rings. The van der Waals surface area contributed by atoms with Gasteiger partial charge >= 0.3 is 0 Å². The van der Waals surface area contributed by atoms with Gasteiger partial charge in [-0.05, 0) is 41.5 Å². The van der Waals surface area contributed by atoms with Crippen LogP contribution in [-0.4, -0.2) is 30.3 Å². The summed E-state index contributed by atoms with van der Waals surface area (Å²) in [5, 5.41) is 16.7. The smallest absolute Gasteiger partial charge is 0.237 e. The van der Waals surface area contributed by atoms with E-state index in [2.05, 4.69) is 25.7 Å². The van der Waals surface area contributed by atoms with E-state index in [-0.39, 0.29) is 0 Å². The molecule has 130 valence electrons. The van der Waals surface area contributed by atoms with Crippen LogP contribution < -0.4 is 0 Å². The third kappa shape index (κ3) is 3.23. The van der Waals surface area contributed by atoms with Gasteiger partial charge in [0.25, 0.3) is 0 Å². The van der Waals surface area contributed by atoms with Gasteiger partial charge in [-0.3, -0.25) is 0 Å². The second kappa shape index (κ2) is 7.09. The number of aryl methyl sites for hydroxylation is 2. The largest absolute Gasteiger partial charge is 0.338 e. The fourth-order valence-corrected chi connectivity index (χ4v) is 3.32. The van der Waals surface area contributed by atoms with E-state index in [1.807, 2.05) is 62.4 Å². The van der Waals surface area contributed by atoms with Crippen LogP contribution in [0.1, 0.15) is 17.0 Å². The van der Waals surface area contributed by atoms with Crippen LogP contribution in [0, 0.1) is 13.8 Å². The van der Waals surface area contributed by atoms with Gasteiger partial charge in [0.15, 0.2) is 0 Å². The number of aromatic nitrogens is 6. The Morgan fingerprint density at radius 1 is 1.00 bits per heavy atom. The van der Waals surface area contributed by atoms with E-state index < -0.39 is 0 Å². The van der Waals surface area contributed by atoms with Crippen LogP contribution in [0.2, 0.25) is 0 Å². The first-order valence-electron chi connectivity index (χ1n) is 8.08. The van der Waals surface area contributed by atoms with Crippen LogP contribution in [0.5, 0.6) is 0 Å². The second-order valence-corrected chi connectivity index (χ2v) is 6.72. The molecule has 0 bridgehead atoms. The normalized spacial score (nSPS) is 11.0. The van der Waals surface area contributed by atoms with Crippen LogP contribution in [0.15, 0.2) is 58.2 Å². The quantitative estimate of drug-likeness (QED) is 0.500. The second-order valence-electron chi connectivity index (χ2n) is 5.78. The van der Waals surface area contributed by atoms with Crippen molar-refractivity contribution >= 4 is 11.8 Å². The number of nitrogens with zero attached hydrogens (tertiary/aromatic N) is 6. The molecular weight excluding hydrogens is 348 g/mol. The summed E-state index contributed by atoms with van der Waals surface area (Å²) in [4.78, 5) is 4.48. The molecule has 0 spiro atoms. The van der Waals surface area contributed by atoms with Crippen molar-refractivity contribution in [1.82, 2.24) is 30.3 Å². The van der Waals surface area contributed by atoms with E-state index in [1.165, 1.54) is 11.8 Å². The Balaban J connectivity index is 1.52. The van der Waals surface area contributed by atoms with Gasteiger partial charge in [-0.25, -0.2) is 0 Å². The van der Waals surface area contributed by atoms with Crippen molar-refractivity contribution < 1.29 is 4.52 Å². The van der Waals surface area contributed by atoms with Crippen molar-refractivity contribution in [2.24, 2.45) is 0 Å². The van der Waals surface area contributed by atoms with Gasteiger partial charge in [-0.2, -0.15) is 9.67 Å². The maximum Gasteiger partial charge on any atom is 0.237 e. The molecule has 26 heavy (non-hydrogen) atoms. The van der Waals surface area contributed by atoms with E-state index in [0.29, 0.717) is 22.6 Å². The van der Waals surface area contributed by atoms with Crippen LogP contribution in [-0.2, 0) is 5.75 Å². The summed E-state index contributed by atoms with van der Waals surface area (Å²) in [6, 6.07) is 15.9. The van der Waals surface area contributed by atoms with Crippen molar-refractivity contribution in [2.45, 2.75) is 24.8 Å². The van der Waals surface area contributed by atoms with Crippen molar-refractivity contribution in [1.29, 1.82) is 0 Å². The monoisotopic (exact) mass is 364 g/mol. The predicted molar refractivity (Wildman–Crippen MR) is 97.9 cm³/mol. The molecule has 2 aromatic carbocycles. The molecule has 0 aliphatic rings. The lowest BCUT2D eigenvalue weighted by Gasteiger charge is -2.06. The van der Waals surface area contributed by atoms with Gasteiger partial charge in [0.1, 0.15) is 0 Å². The van der Waals surface area contributed by atoms with Gasteiger partial charge in [-0.1, -0.05) is 59.4 Å². The van der Waals surface area contributed by atoms with Gasteiger partial charge in [-0.15, -0.1) is 5.10 Å². The first-order valence-corrected chi connectivity index (χ1v) is 9.06. The lowest BCUT2D eigenvalue weighted by Crippen LogP contribution is -2.01. The zero-order chi connectivity index (χ0) is 17.9. The van der Waals surface area contributed by atoms with E-state index in [9.17, 15) is 0 Å². The van der Waals surface area contributed by atoms with E-state index in [0.717, 1.165) is 22.4 Å². The van der Waals surface area contributed by atoms with E-state index >= 15 is 0 Å². The van der Waals surface area contributed by atoms with Gasteiger partial charge in [0.05, 0.1) is 11.4 Å². The summed E-state index contributed by atoms with van der Waals surface area (Å²) in [6.07, 6.45) is 0. The Kier molecular flexibility index (Phi) is 4.49. The fourth-order valence-electron chi connectivity index (χ4n) is 2.59. The molecule has 8 heteroatoms. The summed E-state index contributed by atoms with van der Waals surface area (Å²) in [6.45, 7) is 4.05. The van der Waals surface area contributed by atoms with Crippen LogP contribution >= 0.6 is 11.8 Å². The van der Waals surface area contributed by atoms with E-state index in [1.54, 1.807) is 4.68 Å². The molecule has 0 amide bonds. The molecule has 0 aliphatic heterocycles. The lowest BCUT2D eigenvalue weighted by atomic mass is 10.1. The Bertz CT molecular complexity index is 1040. The molecule has 0 atom stereocenters. The Morgan fingerprint density at radius 3 is 2.58 bits per heavy atom. The summed E-state index contributed by atoms with van der Waals surface area (Å²) >= 11 is 1.45. The predicted octanol–water partition coefficient (Wildman–Crippen LogP) is 3.62. The molecule has 0 saturated carbocycles. The summed E-state index contributed by atoms with van der Waals surface area (Å²) in [5.41, 5.74) is 4.13. The standard InChI is InChI=1S/C18H16N6OS/c1-12-7-3-5-9-14(12)17-19-16(25-21-17)11-26-18-20-22-23-24(18)15-10-6-4-8-13(15)2/h3-10H,11H2,1-2H3. The van der Waals surface area contributed by atoms with Gasteiger partial charge in [0.2, 0.25) is 16.9 Å². The first kappa shape index (κ1) is 16.5. The molecule has 2 heterocycles. The lowest BCUT2D eigenvalue weighted by molar-refractivity contribution is 0.391. The topological polar surface area (TPSA) is 82.5 Å². The zero-order valence-electron chi connectivity index (χ0n) is 14.3. The molecule has 0 unspecified atom stereocenters. The third-order valence-corrected chi connectivity index (χ3v) is 4.87. The molecule has 0 N–H and O–H groups in total. The maximum atomic E-state index is 5.38. The van der Waals surface area contributed by atoms with Crippen molar-refractivity contribution in [3.8, 4) is 17.1 Å². The van der Waals surface area contributed by atoms with Crippen molar-refractivity contribution in [3.63, 3.8) is 0 Å². The minimum atomic E-state index is 0.491. The highest BCUT2D eigenvalue weighted by Gasteiger charge is 2.14. The highest BCUT2D eigenvalue weighted by Crippen LogP contribution is 2.25. The average Bonchev–Trinajstić information content (AvgIpc) is 3.30. The number of benzene rings is 2. The molecule has 0 aliphatic carbocycles. The molecule has 2 aromatic heterocycles. The Labute approximate surface area is 154 Å². The van der Waals surface area contributed by atoms with Gasteiger partial charge < -0.3 is 4.52 Å². The SMILES string of the molecule is Cc1ccccc1-c1noc(CSc2nnnn2-c2ccccc2C)n1. The van der Waals surface area contributed by atoms with E-state index in [4.69, 9.17) is 4.52 Å². The highest BCUT2D eigenvalue weighted by molar-refractivity contribution is 7.98. The molecule has 4 rings (SSSR count). The number of rotatable bonds is 5. The zero-order valence-corrected chi connectivity index (χ0v) is 15.1. The maximum absolute atomic E-state index is 5.38. The Hall–Kier alpha value is -3.00. The molecule has 7 nitrogen and oxygen atoms in total. The minimum Gasteiger partial charge on any atom is -0.338 e. The number of hydrogen-bond donors (Lipinski definition) is 0. The highest BCUT2D eigenvalue weighted by atomic mass is 32.2.